The molecule has 212 valence electrons. The molecule has 40 heavy (non-hydrogen) atoms. The number of nitrogens with zero attached hydrogens (tertiary/aromatic N) is 6. The Hall–Kier alpha value is -4.36. The summed E-state index contributed by atoms with van der Waals surface area (Å²) in [4.78, 5) is 40.9. The molecule has 0 unspecified atom stereocenters. The highest BCUT2D eigenvalue weighted by Crippen LogP contribution is 2.31. The van der Waals surface area contributed by atoms with E-state index >= 15 is 0 Å². The van der Waals surface area contributed by atoms with Crippen LogP contribution >= 0.6 is 0 Å². The summed E-state index contributed by atoms with van der Waals surface area (Å²) in [6, 6.07) is 11.2. The molecule has 0 saturated heterocycles. The first kappa shape index (κ1) is 28.6. The second-order valence-electron chi connectivity index (χ2n) is 10.1. The van der Waals surface area contributed by atoms with Crippen LogP contribution in [0.1, 0.15) is 40.1 Å². The van der Waals surface area contributed by atoms with E-state index in [1.54, 1.807) is 54.3 Å². The number of carboxylic acids is 1. The van der Waals surface area contributed by atoms with Crippen molar-refractivity contribution in [1.82, 2.24) is 30.0 Å². The molecule has 3 aromatic rings. The summed E-state index contributed by atoms with van der Waals surface area (Å²) in [7, 11) is 1.95. The molecule has 0 spiro atoms. The molecule has 13 heteroatoms. The smallest absolute Gasteiger partial charge is 0.335 e. The van der Waals surface area contributed by atoms with Crippen LogP contribution in [0.5, 0.6) is 5.75 Å². The van der Waals surface area contributed by atoms with Crippen molar-refractivity contribution in [1.29, 1.82) is 0 Å². The van der Waals surface area contributed by atoms with Gasteiger partial charge in [-0.3, -0.25) is 14.5 Å². The average Bonchev–Trinajstić information content (AvgIpc) is 3.43. The molecule has 2 aromatic carbocycles. The fourth-order valence-corrected chi connectivity index (χ4v) is 4.55. The van der Waals surface area contributed by atoms with Gasteiger partial charge in [0.1, 0.15) is 24.7 Å². The van der Waals surface area contributed by atoms with Gasteiger partial charge in [0.25, 0.3) is 5.91 Å². The molecule has 0 fully saturated rings. The number of carboxylic acid groups (broad SMARTS) is 1. The number of anilines is 1. The van der Waals surface area contributed by atoms with Gasteiger partial charge >= 0.3 is 5.97 Å². The van der Waals surface area contributed by atoms with Gasteiger partial charge in [-0.1, -0.05) is 19.1 Å². The molecule has 3 atom stereocenters. The summed E-state index contributed by atoms with van der Waals surface area (Å²) in [6.45, 7) is 4.96. The number of benzene rings is 2. The standard InChI is InChI=1S/C27H33N7O6/c1-17-11-34(18(2)15-35)26(37)22-10-21(29-25(36)14-33-16-28-30-31-33)8-9-23(22)40-24(17)13-32(3)12-19-4-6-20(7-5-19)27(38)39/h4-10,16-18,24,35H,11-15H2,1-3H3,(H,29,36)(H,38,39)/t17-,18+,24-/m1/s1. The number of aromatic carboxylic acids is 1. The van der Waals surface area contributed by atoms with Crippen molar-refractivity contribution in [2.75, 3.05) is 32.1 Å². The molecule has 0 bridgehead atoms. The maximum atomic E-state index is 13.6. The van der Waals surface area contributed by atoms with Crippen molar-refractivity contribution in [2.45, 2.75) is 39.1 Å². The SMILES string of the molecule is C[C@@H]1CN([C@@H](C)CO)C(=O)c2cc(NC(=O)Cn3cnnn3)ccc2O[C@@H]1CN(C)Cc1ccc(C(=O)O)cc1. The van der Waals surface area contributed by atoms with Gasteiger partial charge in [0.05, 0.1) is 23.8 Å². The van der Waals surface area contributed by atoms with E-state index in [4.69, 9.17) is 9.84 Å². The van der Waals surface area contributed by atoms with Crippen LogP contribution in [0, 0.1) is 5.92 Å². The minimum Gasteiger partial charge on any atom is -0.488 e. The number of carbonyl (C=O) groups excluding carboxylic acids is 2. The number of aliphatic hydroxyl groups is 1. The summed E-state index contributed by atoms with van der Waals surface area (Å²) in [5.74, 6) is -1.32. The second kappa shape index (κ2) is 12.7. The maximum absolute atomic E-state index is 13.6. The molecule has 2 heterocycles. The van der Waals surface area contributed by atoms with Crippen LogP contribution in [0.25, 0.3) is 0 Å². The van der Waals surface area contributed by atoms with Crippen molar-refractivity contribution >= 4 is 23.5 Å². The third-order valence-electron chi connectivity index (χ3n) is 6.79. The van der Waals surface area contributed by atoms with Gasteiger partial charge in [-0.15, -0.1) is 5.10 Å². The Morgan fingerprint density at radius 1 is 1.23 bits per heavy atom. The molecule has 4 rings (SSSR count). The van der Waals surface area contributed by atoms with Crippen LogP contribution < -0.4 is 10.1 Å². The number of rotatable bonds is 10. The van der Waals surface area contributed by atoms with Crippen molar-refractivity contribution in [3.05, 3.63) is 65.5 Å². The zero-order valence-corrected chi connectivity index (χ0v) is 22.6. The van der Waals surface area contributed by atoms with Gasteiger partial charge in [-0.25, -0.2) is 9.48 Å². The number of tetrazole rings is 1. The zero-order valence-electron chi connectivity index (χ0n) is 22.6. The maximum Gasteiger partial charge on any atom is 0.335 e. The number of fused-ring (bicyclic) bond motifs is 1. The predicted octanol–water partition coefficient (Wildman–Crippen LogP) is 1.36. The Balaban J connectivity index is 1.54. The molecule has 1 aromatic heterocycles. The van der Waals surface area contributed by atoms with Gasteiger partial charge in [0, 0.05) is 31.2 Å². The van der Waals surface area contributed by atoms with E-state index in [2.05, 4.69) is 25.7 Å². The van der Waals surface area contributed by atoms with Gasteiger partial charge in [0.15, 0.2) is 0 Å². The Bertz CT molecular complexity index is 1330. The van der Waals surface area contributed by atoms with Gasteiger partial charge in [-0.05, 0) is 60.3 Å². The Morgan fingerprint density at radius 3 is 2.62 bits per heavy atom. The summed E-state index contributed by atoms with van der Waals surface area (Å²) < 4.78 is 7.70. The Morgan fingerprint density at radius 2 is 1.98 bits per heavy atom. The molecule has 0 aliphatic carbocycles. The lowest BCUT2D eigenvalue weighted by atomic mass is 9.99. The van der Waals surface area contributed by atoms with Crippen LogP contribution in [0.4, 0.5) is 5.69 Å². The number of aromatic nitrogens is 4. The first-order chi connectivity index (χ1) is 19.1. The number of amides is 2. The number of ether oxygens (including phenoxy) is 1. The Kier molecular flexibility index (Phi) is 9.07. The molecule has 0 saturated carbocycles. The number of nitrogens with one attached hydrogen (secondary N) is 1. The van der Waals surface area contributed by atoms with Crippen molar-refractivity contribution in [3.63, 3.8) is 0 Å². The number of hydrogen-bond donors (Lipinski definition) is 3. The highest BCUT2D eigenvalue weighted by atomic mass is 16.5. The van der Waals surface area contributed by atoms with Crippen LogP contribution in [-0.2, 0) is 17.9 Å². The van der Waals surface area contributed by atoms with E-state index in [0.29, 0.717) is 31.1 Å². The number of hydrogen-bond acceptors (Lipinski definition) is 9. The first-order valence-electron chi connectivity index (χ1n) is 12.9. The minimum atomic E-state index is -0.971. The molecule has 1 aliphatic heterocycles. The molecular formula is C27H33N7O6. The first-order valence-corrected chi connectivity index (χ1v) is 12.9. The van der Waals surface area contributed by atoms with Crippen LogP contribution in [-0.4, -0.2) is 96.9 Å². The summed E-state index contributed by atoms with van der Waals surface area (Å²) in [5.41, 5.74) is 1.88. The lowest BCUT2D eigenvalue weighted by Crippen LogP contribution is -2.49. The van der Waals surface area contributed by atoms with E-state index in [1.807, 2.05) is 14.0 Å². The minimum absolute atomic E-state index is 0.0707. The second-order valence-corrected chi connectivity index (χ2v) is 10.1. The van der Waals surface area contributed by atoms with E-state index in [0.717, 1.165) is 5.56 Å². The molecule has 1 aliphatic rings. The van der Waals surface area contributed by atoms with E-state index in [1.165, 1.54) is 11.0 Å². The van der Waals surface area contributed by atoms with Crippen LogP contribution in [0.3, 0.4) is 0 Å². The third-order valence-corrected chi connectivity index (χ3v) is 6.79. The third kappa shape index (κ3) is 6.98. The average molecular weight is 552 g/mol. The topological polar surface area (TPSA) is 163 Å². The fraction of sp³-hybridized carbons (Fsp3) is 0.407. The quantitative estimate of drug-likeness (QED) is 0.335. The number of carbonyl (C=O) groups is 3. The van der Waals surface area contributed by atoms with E-state index in [-0.39, 0.29) is 48.1 Å². The largest absolute Gasteiger partial charge is 0.488 e. The lowest BCUT2D eigenvalue weighted by molar-refractivity contribution is -0.116. The number of aliphatic hydroxyl groups excluding tert-OH is 1. The monoisotopic (exact) mass is 551 g/mol. The van der Waals surface area contributed by atoms with Crippen LogP contribution in [0.2, 0.25) is 0 Å². The van der Waals surface area contributed by atoms with Crippen molar-refractivity contribution in [2.24, 2.45) is 5.92 Å². The molecule has 2 amide bonds. The zero-order chi connectivity index (χ0) is 28.8. The highest BCUT2D eigenvalue weighted by Gasteiger charge is 2.33. The molecular weight excluding hydrogens is 518 g/mol. The summed E-state index contributed by atoms with van der Waals surface area (Å²) in [5, 5.41) is 32.5. The van der Waals surface area contributed by atoms with E-state index < -0.39 is 12.0 Å². The highest BCUT2D eigenvalue weighted by molar-refractivity contribution is 5.99. The molecule has 0 radical (unpaired) electrons. The fourth-order valence-electron chi connectivity index (χ4n) is 4.55. The molecule has 13 nitrogen and oxygen atoms in total. The summed E-state index contributed by atoms with van der Waals surface area (Å²) in [6.07, 6.45) is 1.03. The Labute approximate surface area is 231 Å². The van der Waals surface area contributed by atoms with Crippen molar-refractivity contribution < 1.29 is 29.3 Å². The summed E-state index contributed by atoms with van der Waals surface area (Å²) >= 11 is 0. The van der Waals surface area contributed by atoms with Gasteiger partial charge < -0.3 is 25.2 Å². The lowest BCUT2D eigenvalue weighted by Gasteiger charge is -2.38. The van der Waals surface area contributed by atoms with Crippen LogP contribution in [0.15, 0.2) is 48.8 Å². The van der Waals surface area contributed by atoms with Gasteiger partial charge in [0.2, 0.25) is 5.91 Å². The van der Waals surface area contributed by atoms with E-state index in [9.17, 15) is 19.5 Å². The van der Waals surface area contributed by atoms with Gasteiger partial charge in [-0.2, -0.15) is 0 Å². The number of likely N-dealkylation sites (N-methyl/N-ethyl adjacent to an activating group) is 1. The normalized spacial score (nSPS) is 17.9. The van der Waals surface area contributed by atoms with Crippen molar-refractivity contribution in [3.8, 4) is 5.75 Å². The predicted molar refractivity (Wildman–Crippen MR) is 144 cm³/mol. The molecule has 3 N–H and O–H groups in total.